The first-order valence-electron chi connectivity index (χ1n) is 11.2. The zero-order valence-corrected chi connectivity index (χ0v) is 20.1. The molecule has 2 aliphatic heterocycles. The number of nitrogens with zero attached hydrogens (tertiary/aromatic N) is 4. The molecule has 1 aromatic carbocycles. The first kappa shape index (κ1) is 24.3. The summed E-state index contributed by atoms with van der Waals surface area (Å²) in [4.78, 5) is 29.2. The molecule has 0 bridgehead atoms. The Hall–Kier alpha value is -2.80. The minimum absolute atomic E-state index is 0.134. The highest BCUT2D eigenvalue weighted by Gasteiger charge is 2.30. The van der Waals surface area contributed by atoms with E-state index in [0.29, 0.717) is 63.9 Å². The third-order valence-electron chi connectivity index (χ3n) is 6.08. The Morgan fingerprint density at radius 1 is 1.06 bits per heavy atom. The maximum absolute atomic E-state index is 12.9. The standard InChI is InChI=1S/C22H29N5O6S/c1-16-14-20(33-24-16)22(29)26-8-6-25(7-9-26)17(2)21(28)23-18-4-3-5-19(15-18)34(30,31)27-10-12-32-13-11-27/h3-5,14-15,17H,6-13H2,1-2H3,(H,23,28). The number of aromatic nitrogens is 1. The summed E-state index contributed by atoms with van der Waals surface area (Å²) in [7, 11) is -3.65. The van der Waals surface area contributed by atoms with Crippen molar-refractivity contribution in [3.05, 3.63) is 41.8 Å². The van der Waals surface area contributed by atoms with Gasteiger partial charge in [-0.2, -0.15) is 4.31 Å². The van der Waals surface area contributed by atoms with Gasteiger partial charge in [0.1, 0.15) is 0 Å². The molecule has 1 atom stereocenters. The average Bonchev–Trinajstić information content (AvgIpc) is 3.30. The van der Waals surface area contributed by atoms with Crippen LogP contribution in [0.1, 0.15) is 23.2 Å². The number of anilines is 1. The van der Waals surface area contributed by atoms with Crippen LogP contribution in [0.4, 0.5) is 5.69 Å². The van der Waals surface area contributed by atoms with E-state index in [1.165, 1.54) is 16.4 Å². The van der Waals surface area contributed by atoms with Crippen molar-refractivity contribution in [2.75, 3.05) is 57.8 Å². The molecule has 0 spiro atoms. The second-order valence-electron chi connectivity index (χ2n) is 8.37. The van der Waals surface area contributed by atoms with Crippen LogP contribution in [-0.4, -0.2) is 98.0 Å². The Morgan fingerprint density at radius 2 is 1.76 bits per heavy atom. The minimum atomic E-state index is -3.65. The number of hydrogen-bond donors (Lipinski definition) is 1. The predicted molar refractivity (Wildman–Crippen MR) is 123 cm³/mol. The monoisotopic (exact) mass is 491 g/mol. The van der Waals surface area contributed by atoms with Crippen molar-refractivity contribution in [2.24, 2.45) is 0 Å². The van der Waals surface area contributed by atoms with Gasteiger partial charge in [-0.1, -0.05) is 11.2 Å². The van der Waals surface area contributed by atoms with Gasteiger partial charge in [-0.25, -0.2) is 8.42 Å². The molecule has 184 valence electrons. The summed E-state index contributed by atoms with van der Waals surface area (Å²) in [6.45, 7) is 6.87. The molecular weight excluding hydrogens is 462 g/mol. The van der Waals surface area contributed by atoms with Crippen LogP contribution in [0, 0.1) is 6.92 Å². The fourth-order valence-electron chi connectivity index (χ4n) is 4.02. The fraction of sp³-hybridized carbons (Fsp3) is 0.500. The Morgan fingerprint density at radius 3 is 2.41 bits per heavy atom. The van der Waals surface area contributed by atoms with Crippen molar-refractivity contribution in [1.29, 1.82) is 0 Å². The molecule has 0 saturated carbocycles. The second-order valence-corrected chi connectivity index (χ2v) is 10.3. The lowest BCUT2D eigenvalue weighted by atomic mass is 10.2. The number of benzene rings is 1. The molecule has 1 N–H and O–H groups in total. The van der Waals surface area contributed by atoms with Gasteiger partial charge in [-0.3, -0.25) is 14.5 Å². The van der Waals surface area contributed by atoms with E-state index in [0.717, 1.165) is 0 Å². The highest BCUT2D eigenvalue weighted by molar-refractivity contribution is 7.89. The molecule has 11 nitrogen and oxygen atoms in total. The van der Waals surface area contributed by atoms with Crippen molar-refractivity contribution in [3.8, 4) is 0 Å². The third kappa shape index (κ3) is 5.30. The Kier molecular flexibility index (Phi) is 7.31. The molecule has 3 heterocycles. The maximum atomic E-state index is 12.9. The summed E-state index contributed by atoms with van der Waals surface area (Å²) in [5, 5.41) is 6.58. The highest BCUT2D eigenvalue weighted by atomic mass is 32.2. The summed E-state index contributed by atoms with van der Waals surface area (Å²) in [5.41, 5.74) is 1.06. The van der Waals surface area contributed by atoms with E-state index in [4.69, 9.17) is 9.26 Å². The number of aryl methyl sites for hydroxylation is 1. The number of carbonyl (C=O) groups is 2. The lowest BCUT2D eigenvalue weighted by Gasteiger charge is -2.37. The lowest BCUT2D eigenvalue weighted by Crippen LogP contribution is -2.54. The topological polar surface area (TPSA) is 125 Å². The smallest absolute Gasteiger partial charge is 0.292 e. The number of piperazine rings is 1. The van der Waals surface area contributed by atoms with Crippen molar-refractivity contribution in [1.82, 2.24) is 19.3 Å². The minimum Gasteiger partial charge on any atom is -0.379 e. The van der Waals surface area contributed by atoms with E-state index >= 15 is 0 Å². The lowest BCUT2D eigenvalue weighted by molar-refractivity contribution is -0.121. The SMILES string of the molecule is Cc1cc(C(=O)N2CCN(C(C)C(=O)Nc3cccc(S(=O)(=O)N4CCOCC4)c3)CC2)on1. The van der Waals surface area contributed by atoms with Gasteiger partial charge in [0.25, 0.3) is 5.91 Å². The number of nitrogens with one attached hydrogen (secondary N) is 1. The highest BCUT2D eigenvalue weighted by Crippen LogP contribution is 2.21. The number of amides is 2. The van der Waals surface area contributed by atoms with Crippen LogP contribution in [0.5, 0.6) is 0 Å². The molecule has 12 heteroatoms. The van der Waals surface area contributed by atoms with Gasteiger partial charge in [-0.15, -0.1) is 0 Å². The molecule has 2 fully saturated rings. The van der Waals surface area contributed by atoms with Crippen molar-refractivity contribution >= 4 is 27.5 Å². The number of rotatable bonds is 6. The number of morpholine rings is 1. The summed E-state index contributed by atoms with van der Waals surface area (Å²) in [6.07, 6.45) is 0. The zero-order chi connectivity index (χ0) is 24.3. The Bertz CT molecular complexity index is 1140. The predicted octanol–water partition coefficient (Wildman–Crippen LogP) is 0.789. The molecule has 2 amide bonds. The molecule has 2 aliphatic rings. The molecule has 34 heavy (non-hydrogen) atoms. The van der Waals surface area contributed by atoms with E-state index in [1.807, 2.05) is 4.90 Å². The number of carbonyl (C=O) groups excluding carboxylic acids is 2. The third-order valence-corrected chi connectivity index (χ3v) is 7.97. The molecule has 2 saturated heterocycles. The summed E-state index contributed by atoms with van der Waals surface area (Å²) >= 11 is 0. The van der Waals surface area contributed by atoms with Crippen LogP contribution in [0.15, 0.2) is 39.8 Å². The first-order valence-corrected chi connectivity index (χ1v) is 12.6. The van der Waals surface area contributed by atoms with Gasteiger partial charge < -0.3 is 19.5 Å². The van der Waals surface area contributed by atoms with Crippen molar-refractivity contribution in [2.45, 2.75) is 24.8 Å². The molecule has 0 radical (unpaired) electrons. The van der Waals surface area contributed by atoms with Crippen molar-refractivity contribution in [3.63, 3.8) is 0 Å². The van der Waals surface area contributed by atoms with Crippen LogP contribution in [-0.2, 0) is 19.6 Å². The van der Waals surface area contributed by atoms with Crippen LogP contribution in [0.2, 0.25) is 0 Å². The maximum Gasteiger partial charge on any atom is 0.292 e. The van der Waals surface area contributed by atoms with Crippen LogP contribution < -0.4 is 5.32 Å². The molecule has 4 rings (SSSR count). The van der Waals surface area contributed by atoms with Crippen LogP contribution >= 0.6 is 0 Å². The molecule has 1 unspecified atom stereocenters. The molecule has 0 aliphatic carbocycles. The average molecular weight is 492 g/mol. The quantitative estimate of drug-likeness (QED) is 0.629. The van der Waals surface area contributed by atoms with Gasteiger partial charge >= 0.3 is 0 Å². The van der Waals surface area contributed by atoms with E-state index < -0.39 is 16.1 Å². The molecular formula is C22H29N5O6S. The first-order chi connectivity index (χ1) is 16.3. The van der Waals surface area contributed by atoms with Gasteiger partial charge in [-0.05, 0) is 32.0 Å². The molecule has 2 aromatic rings. The van der Waals surface area contributed by atoms with Crippen LogP contribution in [0.25, 0.3) is 0 Å². The van der Waals surface area contributed by atoms with E-state index in [9.17, 15) is 18.0 Å². The summed E-state index contributed by atoms with van der Waals surface area (Å²) in [6, 6.07) is 7.44. The number of hydrogen-bond acceptors (Lipinski definition) is 8. The number of ether oxygens (including phenoxy) is 1. The second kappa shape index (κ2) is 10.2. The van der Waals surface area contributed by atoms with E-state index in [1.54, 1.807) is 36.9 Å². The van der Waals surface area contributed by atoms with Crippen molar-refractivity contribution < 1.29 is 27.3 Å². The number of sulfonamides is 1. The van der Waals surface area contributed by atoms with Gasteiger partial charge in [0.15, 0.2) is 0 Å². The summed E-state index contributed by atoms with van der Waals surface area (Å²) < 4.78 is 37.5. The summed E-state index contributed by atoms with van der Waals surface area (Å²) in [5.74, 6) is -0.245. The fourth-order valence-corrected chi connectivity index (χ4v) is 5.47. The van der Waals surface area contributed by atoms with Gasteiger partial charge in [0, 0.05) is 51.0 Å². The molecule has 1 aromatic heterocycles. The van der Waals surface area contributed by atoms with E-state index in [-0.39, 0.29) is 22.5 Å². The van der Waals surface area contributed by atoms with Gasteiger partial charge in [0.2, 0.25) is 21.7 Å². The largest absolute Gasteiger partial charge is 0.379 e. The normalized spacial score (nSPS) is 19.1. The van der Waals surface area contributed by atoms with Crippen LogP contribution in [0.3, 0.4) is 0 Å². The Labute approximate surface area is 198 Å². The Balaban J connectivity index is 1.34. The van der Waals surface area contributed by atoms with Gasteiger partial charge in [0.05, 0.1) is 29.8 Å². The zero-order valence-electron chi connectivity index (χ0n) is 19.3. The van der Waals surface area contributed by atoms with E-state index in [2.05, 4.69) is 10.5 Å².